The number of nitrogens with one attached hydrogen (secondary N) is 1. The fourth-order valence-corrected chi connectivity index (χ4v) is 4.69. The molecule has 1 aliphatic rings. The number of ketones is 1. The largest absolute Gasteiger partial charge is 0.491 e. The first-order chi connectivity index (χ1) is 18.4. The summed E-state index contributed by atoms with van der Waals surface area (Å²) >= 11 is 0. The van der Waals surface area contributed by atoms with E-state index in [2.05, 4.69) is 22.3 Å². The molecule has 0 bridgehead atoms. The maximum Gasteiger partial charge on any atom is 0.220 e. The number of hydrogen-bond donors (Lipinski definition) is 1. The van der Waals surface area contributed by atoms with E-state index in [0.29, 0.717) is 44.5 Å². The van der Waals surface area contributed by atoms with Crippen LogP contribution in [0.4, 0.5) is 0 Å². The van der Waals surface area contributed by atoms with Crippen molar-refractivity contribution in [3.05, 3.63) is 59.7 Å². The van der Waals surface area contributed by atoms with Gasteiger partial charge in [-0.15, -0.1) is 0 Å². The second-order valence-corrected chi connectivity index (χ2v) is 10.3. The van der Waals surface area contributed by atoms with E-state index in [-0.39, 0.29) is 23.8 Å². The first-order valence-corrected chi connectivity index (χ1v) is 13.9. The number of Topliss-reactive ketones (excluding diaryl/α,β-unsaturated/α-hetero) is 1. The summed E-state index contributed by atoms with van der Waals surface area (Å²) in [7, 11) is 1.63. The third-order valence-corrected chi connectivity index (χ3v) is 6.61. The van der Waals surface area contributed by atoms with E-state index in [1.54, 1.807) is 19.2 Å². The van der Waals surface area contributed by atoms with Gasteiger partial charge in [-0.2, -0.15) is 0 Å². The van der Waals surface area contributed by atoms with Gasteiger partial charge in [0.1, 0.15) is 18.1 Å². The van der Waals surface area contributed by atoms with Gasteiger partial charge in [-0.05, 0) is 101 Å². The first kappa shape index (κ1) is 29.7. The number of methoxy groups -OCH3 is 1. The molecule has 1 fully saturated rings. The number of carbonyl (C=O) groups excluding carboxylic acids is 2. The molecule has 0 aliphatic carbocycles. The molecule has 1 atom stereocenters. The molecule has 1 aliphatic heterocycles. The molecule has 0 saturated carbocycles. The van der Waals surface area contributed by atoms with Gasteiger partial charge in [0.15, 0.2) is 5.78 Å². The summed E-state index contributed by atoms with van der Waals surface area (Å²) in [4.78, 5) is 27.8. The van der Waals surface area contributed by atoms with Crippen molar-refractivity contribution < 1.29 is 23.8 Å². The summed E-state index contributed by atoms with van der Waals surface area (Å²) in [5, 5.41) is 3.27. The van der Waals surface area contributed by atoms with Crippen molar-refractivity contribution in [3.63, 3.8) is 0 Å². The Balaban J connectivity index is 1.42. The monoisotopic (exact) mass is 524 g/mol. The van der Waals surface area contributed by atoms with Gasteiger partial charge in [0.2, 0.25) is 5.91 Å². The smallest absolute Gasteiger partial charge is 0.220 e. The van der Waals surface area contributed by atoms with Crippen LogP contribution < -0.4 is 14.8 Å². The van der Waals surface area contributed by atoms with E-state index in [9.17, 15) is 9.59 Å². The van der Waals surface area contributed by atoms with E-state index in [4.69, 9.17) is 14.2 Å². The number of amides is 1. The number of rotatable bonds is 17. The molecule has 0 unspecified atom stereocenters. The van der Waals surface area contributed by atoms with Crippen LogP contribution >= 0.6 is 0 Å². The Morgan fingerprint density at radius 1 is 0.895 bits per heavy atom. The van der Waals surface area contributed by atoms with Crippen molar-refractivity contribution in [2.75, 3.05) is 40.0 Å². The highest BCUT2D eigenvalue weighted by atomic mass is 16.5. The molecule has 7 nitrogen and oxygen atoms in total. The van der Waals surface area contributed by atoms with Crippen molar-refractivity contribution in [1.82, 2.24) is 10.2 Å². The molecule has 1 amide bonds. The molecule has 208 valence electrons. The molecule has 3 rings (SSSR count). The minimum atomic E-state index is 0.0546. The average Bonchev–Trinajstić information content (AvgIpc) is 3.41. The third-order valence-electron chi connectivity index (χ3n) is 6.61. The minimum absolute atomic E-state index is 0.0546. The normalized spacial score (nSPS) is 14.4. The van der Waals surface area contributed by atoms with Gasteiger partial charge in [-0.25, -0.2) is 0 Å². The number of unbranched alkanes of at least 4 members (excludes halogenated alkanes) is 1. The number of likely N-dealkylation sites (tertiary alicyclic amines) is 1. The molecule has 1 saturated heterocycles. The van der Waals surface area contributed by atoms with Gasteiger partial charge in [-0.3, -0.25) is 9.59 Å². The zero-order valence-electron chi connectivity index (χ0n) is 23.2. The lowest BCUT2D eigenvalue weighted by molar-refractivity contribution is -0.122. The molecule has 1 heterocycles. The second-order valence-electron chi connectivity index (χ2n) is 10.3. The number of ether oxygens (including phenoxy) is 3. The first-order valence-electron chi connectivity index (χ1n) is 13.9. The predicted octanol–water partition coefficient (Wildman–Crippen LogP) is 5.07. The van der Waals surface area contributed by atoms with Gasteiger partial charge in [0.25, 0.3) is 0 Å². The summed E-state index contributed by atoms with van der Waals surface area (Å²) in [5.41, 5.74) is 1.86. The van der Waals surface area contributed by atoms with Crippen molar-refractivity contribution in [2.45, 2.75) is 70.9 Å². The molecule has 0 aromatic heterocycles. The SMILES string of the molecule is COCCOc1ccc(C(=O)CCCCC(=O)N[C@@H](Cc2ccc(OC(C)C)cc2)CN2CCCC2)cc1. The van der Waals surface area contributed by atoms with Gasteiger partial charge < -0.3 is 24.4 Å². The van der Waals surface area contributed by atoms with Crippen molar-refractivity contribution >= 4 is 11.7 Å². The molecule has 1 N–H and O–H groups in total. The summed E-state index contributed by atoms with van der Waals surface area (Å²) < 4.78 is 16.3. The van der Waals surface area contributed by atoms with Gasteiger partial charge in [-0.1, -0.05) is 12.1 Å². The quantitative estimate of drug-likeness (QED) is 0.230. The molecule has 2 aromatic carbocycles. The lowest BCUT2D eigenvalue weighted by Crippen LogP contribution is -2.44. The number of benzene rings is 2. The Morgan fingerprint density at radius 2 is 1.55 bits per heavy atom. The Hall–Kier alpha value is -2.90. The Morgan fingerprint density at radius 3 is 2.21 bits per heavy atom. The summed E-state index contributed by atoms with van der Waals surface area (Å²) in [5.74, 6) is 1.73. The number of carbonyl (C=O) groups is 2. The lowest BCUT2D eigenvalue weighted by Gasteiger charge is -2.25. The molecule has 0 spiro atoms. The zero-order valence-corrected chi connectivity index (χ0v) is 23.2. The summed E-state index contributed by atoms with van der Waals surface area (Å²) in [6, 6.07) is 15.4. The Bertz CT molecular complexity index is 969. The van der Waals surface area contributed by atoms with Crippen molar-refractivity contribution in [1.29, 1.82) is 0 Å². The predicted molar refractivity (Wildman–Crippen MR) is 150 cm³/mol. The fraction of sp³-hybridized carbons (Fsp3) is 0.548. The summed E-state index contributed by atoms with van der Waals surface area (Å²) in [6.07, 6.45) is 5.60. The molecule has 2 aromatic rings. The van der Waals surface area contributed by atoms with Gasteiger partial charge >= 0.3 is 0 Å². The Labute approximate surface area is 227 Å². The summed E-state index contributed by atoms with van der Waals surface area (Å²) in [6.45, 7) is 8.08. The molecular formula is C31H44N2O5. The van der Waals surface area contributed by atoms with Crippen LogP contribution in [0, 0.1) is 0 Å². The van der Waals surface area contributed by atoms with Crippen LogP contribution in [0.1, 0.15) is 68.3 Å². The van der Waals surface area contributed by atoms with E-state index in [1.807, 2.05) is 38.1 Å². The maximum atomic E-state index is 12.8. The Kier molecular flexibility index (Phi) is 12.6. The molecule has 38 heavy (non-hydrogen) atoms. The van der Waals surface area contributed by atoms with Gasteiger partial charge in [0.05, 0.1) is 12.7 Å². The maximum absolute atomic E-state index is 12.8. The van der Waals surface area contributed by atoms with E-state index in [0.717, 1.165) is 37.6 Å². The van der Waals surface area contributed by atoms with Crippen LogP contribution in [0.5, 0.6) is 11.5 Å². The highest BCUT2D eigenvalue weighted by Gasteiger charge is 2.20. The number of hydrogen-bond acceptors (Lipinski definition) is 6. The minimum Gasteiger partial charge on any atom is -0.491 e. The van der Waals surface area contributed by atoms with Crippen molar-refractivity contribution in [3.8, 4) is 11.5 Å². The van der Waals surface area contributed by atoms with Crippen LogP contribution in [-0.4, -0.2) is 68.7 Å². The zero-order chi connectivity index (χ0) is 27.2. The standard InChI is InChI=1S/C31H44N2O5/c1-24(2)38-29-14-10-25(11-15-29)22-27(23-33-18-6-7-19-33)32-31(35)9-5-4-8-30(34)26-12-16-28(17-13-26)37-21-20-36-3/h10-17,24,27H,4-9,18-23H2,1-3H3,(H,32,35)/t27-/m0/s1. The van der Waals surface area contributed by atoms with Crippen LogP contribution in [0.25, 0.3) is 0 Å². The van der Waals surface area contributed by atoms with E-state index >= 15 is 0 Å². The van der Waals surface area contributed by atoms with Crippen molar-refractivity contribution in [2.24, 2.45) is 0 Å². The van der Waals surface area contributed by atoms with Gasteiger partial charge in [0, 0.05) is 38.1 Å². The highest BCUT2D eigenvalue weighted by molar-refractivity contribution is 5.96. The topological polar surface area (TPSA) is 77.1 Å². The van der Waals surface area contributed by atoms with E-state index in [1.165, 1.54) is 18.4 Å². The molecular weight excluding hydrogens is 480 g/mol. The lowest BCUT2D eigenvalue weighted by atomic mass is 10.0. The number of nitrogens with zero attached hydrogens (tertiary/aromatic N) is 1. The third kappa shape index (κ3) is 10.8. The molecule has 7 heteroatoms. The van der Waals surface area contributed by atoms with Crippen LogP contribution in [0.3, 0.4) is 0 Å². The van der Waals surface area contributed by atoms with E-state index < -0.39 is 0 Å². The second kappa shape index (κ2) is 16.1. The van der Waals surface area contributed by atoms with Crippen LogP contribution in [-0.2, 0) is 16.0 Å². The van der Waals surface area contributed by atoms with Crippen LogP contribution in [0.15, 0.2) is 48.5 Å². The highest BCUT2D eigenvalue weighted by Crippen LogP contribution is 2.17. The average molecular weight is 525 g/mol. The fourth-order valence-electron chi connectivity index (χ4n) is 4.69. The van der Waals surface area contributed by atoms with Crippen LogP contribution in [0.2, 0.25) is 0 Å². The molecule has 0 radical (unpaired) electrons.